The molecule has 0 bridgehead atoms. The molecule has 0 rings (SSSR count). The topological polar surface area (TPSA) is 84.5 Å². The molecule has 0 aliphatic carbocycles. The molecule has 0 heterocycles. The molecule has 9 heteroatoms. The summed E-state index contributed by atoms with van der Waals surface area (Å²) in [7, 11) is -2.54. The van der Waals surface area contributed by atoms with Gasteiger partial charge in [-0.2, -0.15) is 5.48 Å². The molecule has 1 N–H and O–H groups in total. The number of ether oxygens (including phenoxy) is 2. The van der Waals surface area contributed by atoms with Crippen LogP contribution >= 0.6 is 0 Å². The summed E-state index contributed by atoms with van der Waals surface area (Å²) in [6.07, 6.45) is 1.20. The number of nitrogens with one attached hydrogen (secondary N) is 1. The zero-order chi connectivity index (χ0) is 18.1. The number of carbonyl (C=O) groups excluding carboxylic acids is 1. The van der Waals surface area contributed by atoms with Gasteiger partial charge in [0.2, 0.25) is 0 Å². The molecule has 0 unspecified atom stereocenters. The number of hydroxylamine groups is 1. The van der Waals surface area contributed by atoms with Crippen molar-refractivity contribution in [3.8, 4) is 0 Å². The van der Waals surface area contributed by atoms with E-state index in [0.29, 0.717) is 39.6 Å². The highest BCUT2D eigenvalue weighted by Gasteiger charge is 2.39. The first-order valence-electron chi connectivity index (χ1n) is 8.68. The van der Waals surface area contributed by atoms with E-state index in [2.05, 4.69) is 10.2 Å². The second-order valence-corrected chi connectivity index (χ2v) is 7.45. The number of rotatable bonds is 16. The fourth-order valence-electron chi connectivity index (χ4n) is 2.02. The second-order valence-electron chi connectivity index (χ2n) is 4.72. The molecule has 0 atom stereocenters. The Morgan fingerprint density at radius 3 is 2.00 bits per heavy atom. The molecular weight excluding hydrogens is 334 g/mol. The van der Waals surface area contributed by atoms with Gasteiger partial charge >= 0.3 is 14.9 Å². The maximum absolute atomic E-state index is 10.9. The SMILES string of the molecule is CCOC(=O)NOCCOCCCC[Si](OCC)(OCC)OCC. The minimum Gasteiger partial charge on any atom is -0.448 e. The van der Waals surface area contributed by atoms with Gasteiger partial charge in [0, 0.05) is 32.5 Å². The summed E-state index contributed by atoms with van der Waals surface area (Å²) in [6.45, 7) is 10.9. The Morgan fingerprint density at radius 1 is 0.833 bits per heavy atom. The Bertz CT molecular complexity index is 291. The highest BCUT2D eigenvalue weighted by atomic mass is 28.4. The van der Waals surface area contributed by atoms with E-state index in [9.17, 15) is 4.79 Å². The average Bonchev–Trinajstić information content (AvgIpc) is 2.54. The Balaban J connectivity index is 3.72. The first-order valence-corrected chi connectivity index (χ1v) is 10.6. The van der Waals surface area contributed by atoms with Crippen LogP contribution in [0, 0.1) is 0 Å². The Hall–Kier alpha value is -0.713. The van der Waals surface area contributed by atoms with E-state index in [1.807, 2.05) is 20.8 Å². The van der Waals surface area contributed by atoms with Crippen LogP contribution in [0.15, 0.2) is 0 Å². The number of amides is 1. The lowest BCUT2D eigenvalue weighted by atomic mass is 10.4. The Labute approximate surface area is 146 Å². The van der Waals surface area contributed by atoms with Gasteiger partial charge in [-0.1, -0.05) is 0 Å². The molecule has 0 aliphatic heterocycles. The van der Waals surface area contributed by atoms with Crippen molar-refractivity contribution in [1.29, 1.82) is 0 Å². The molecule has 144 valence electrons. The predicted octanol–water partition coefficient (Wildman–Crippen LogP) is 2.51. The van der Waals surface area contributed by atoms with E-state index in [4.69, 9.17) is 22.9 Å². The van der Waals surface area contributed by atoms with Crippen molar-refractivity contribution in [3.63, 3.8) is 0 Å². The highest BCUT2D eigenvalue weighted by molar-refractivity contribution is 6.60. The fourth-order valence-corrected chi connectivity index (χ4v) is 4.71. The third kappa shape index (κ3) is 11.8. The third-order valence-electron chi connectivity index (χ3n) is 2.88. The van der Waals surface area contributed by atoms with Gasteiger partial charge in [-0.3, -0.25) is 4.84 Å². The van der Waals surface area contributed by atoms with Gasteiger partial charge in [0.1, 0.15) is 0 Å². The number of carbonyl (C=O) groups is 1. The average molecular weight is 368 g/mol. The van der Waals surface area contributed by atoms with Crippen LogP contribution in [0.4, 0.5) is 4.79 Å². The quantitative estimate of drug-likeness (QED) is 0.255. The molecule has 0 aliphatic rings. The number of hydrogen-bond acceptors (Lipinski definition) is 7. The lowest BCUT2D eigenvalue weighted by Gasteiger charge is -2.28. The number of unbranched alkanes of at least 4 members (excludes halogenated alkanes) is 1. The van der Waals surface area contributed by atoms with Crippen LogP contribution in [0.25, 0.3) is 0 Å². The molecule has 1 amide bonds. The summed E-state index contributed by atoms with van der Waals surface area (Å²) in [5.41, 5.74) is 2.16. The molecule has 0 aromatic carbocycles. The maximum atomic E-state index is 10.9. The summed E-state index contributed by atoms with van der Waals surface area (Å²) in [5.74, 6) is 0. The first-order chi connectivity index (χ1) is 11.6. The van der Waals surface area contributed by atoms with Gasteiger partial charge in [-0.15, -0.1) is 0 Å². The zero-order valence-electron chi connectivity index (χ0n) is 15.4. The summed E-state index contributed by atoms with van der Waals surface area (Å²) >= 11 is 0. The first kappa shape index (κ1) is 23.3. The summed E-state index contributed by atoms with van der Waals surface area (Å²) in [4.78, 5) is 15.8. The van der Waals surface area contributed by atoms with E-state index < -0.39 is 14.9 Å². The minimum atomic E-state index is -2.54. The van der Waals surface area contributed by atoms with Crippen molar-refractivity contribution < 1.29 is 32.4 Å². The van der Waals surface area contributed by atoms with Crippen LogP contribution in [0.3, 0.4) is 0 Å². The molecule has 0 radical (unpaired) electrons. The fraction of sp³-hybridized carbons (Fsp3) is 0.933. The van der Waals surface area contributed by atoms with Crippen molar-refractivity contribution in [1.82, 2.24) is 5.48 Å². The lowest BCUT2D eigenvalue weighted by Crippen LogP contribution is -2.45. The van der Waals surface area contributed by atoms with Gasteiger partial charge in [0.15, 0.2) is 0 Å². The molecule has 0 saturated heterocycles. The van der Waals surface area contributed by atoms with E-state index in [1.54, 1.807) is 6.92 Å². The minimum absolute atomic E-state index is 0.272. The van der Waals surface area contributed by atoms with Crippen LogP contribution in [0.5, 0.6) is 0 Å². The summed E-state index contributed by atoms with van der Waals surface area (Å²) < 4.78 is 27.5. The van der Waals surface area contributed by atoms with E-state index in [1.165, 1.54) is 0 Å². The predicted molar refractivity (Wildman–Crippen MR) is 91.6 cm³/mol. The summed E-state index contributed by atoms with van der Waals surface area (Å²) in [6, 6.07) is 0.785. The zero-order valence-corrected chi connectivity index (χ0v) is 16.4. The van der Waals surface area contributed by atoms with Gasteiger partial charge < -0.3 is 22.8 Å². The molecule has 0 aromatic heterocycles. The molecule has 0 fully saturated rings. The Kier molecular flexibility index (Phi) is 15.3. The molecular formula is C15H33NO7Si. The maximum Gasteiger partial charge on any atom is 0.500 e. The van der Waals surface area contributed by atoms with Crippen LogP contribution in [0.1, 0.15) is 40.5 Å². The van der Waals surface area contributed by atoms with E-state index in [0.717, 1.165) is 18.9 Å². The van der Waals surface area contributed by atoms with Gasteiger partial charge in [-0.05, 0) is 40.5 Å². The largest absolute Gasteiger partial charge is 0.500 e. The van der Waals surface area contributed by atoms with Crippen molar-refractivity contribution in [2.24, 2.45) is 0 Å². The van der Waals surface area contributed by atoms with E-state index >= 15 is 0 Å². The van der Waals surface area contributed by atoms with Gasteiger partial charge in [0.25, 0.3) is 0 Å². The van der Waals surface area contributed by atoms with Crippen molar-refractivity contribution >= 4 is 14.9 Å². The number of hydrogen-bond donors (Lipinski definition) is 1. The van der Waals surface area contributed by atoms with Crippen LogP contribution in [0.2, 0.25) is 6.04 Å². The smallest absolute Gasteiger partial charge is 0.448 e. The molecule has 8 nitrogen and oxygen atoms in total. The van der Waals surface area contributed by atoms with Gasteiger partial charge in [-0.25, -0.2) is 4.79 Å². The van der Waals surface area contributed by atoms with Crippen molar-refractivity contribution in [3.05, 3.63) is 0 Å². The highest BCUT2D eigenvalue weighted by Crippen LogP contribution is 2.19. The lowest BCUT2D eigenvalue weighted by molar-refractivity contribution is -0.00582. The van der Waals surface area contributed by atoms with Crippen molar-refractivity contribution in [2.45, 2.75) is 46.6 Å². The normalized spacial score (nSPS) is 11.5. The molecule has 0 saturated carbocycles. The van der Waals surface area contributed by atoms with Crippen LogP contribution in [-0.2, 0) is 27.6 Å². The molecule has 0 spiro atoms. The van der Waals surface area contributed by atoms with Gasteiger partial charge in [0.05, 0.1) is 19.8 Å². The monoisotopic (exact) mass is 367 g/mol. The second kappa shape index (κ2) is 15.8. The molecule has 24 heavy (non-hydrogen) atoms. The standard InChI is InChI=1S/C15H33NO7Si/c1-5-19-15(17)16-20-13-12-18-11-9-10-14-24(21-6-2,22-7-3)23-8-4/h5-14H2,1-4H3,(H,16,17). The Morgan fingerprint density at radius 2 is 1.46 bits per heavy atom. The van der Waals surface area contributed by atoms with E-state index in [-0.39, 0.29) is 6.61 Å². The summed E-state index contributed by atoms with van der Waals surface area (Å²) in [5, 5.41) is 0. The molecule has 0 aromatic rings. The van der Waals surface area contributed by atoms with Crippen LogP contribution in [-0.4, -0.2) is 61.1 Å². The third-order valence-corrected chi connectivity index (χ3v) is 6.03. The van der Waals surface area contributed by atoms with Crippen LogP contribution < -0.4 is 5.48 Å². The van der Waals surface area contributed by atoms with Crippen molar-refractivity contribution in [2.75, 3.05) is 46.2 Å².